The van der Waals surface area contributed by atoms with Crippen LogP contribution < -0.4 is 5.32 Å². The zero-order valence-corrected chi connectivity index (χ0v) is 11.1. The van der Waals surface area contributed by atoms with Crippen LogP contribution in [0.15, 0.2) is 16.7 Å². The molecule has 1 saturated carbocycles. The molecule has 0 atom stereocenters. The predicted molar refractivity (Wildman–Crippen MR) is 67.7 cm³/mol. The first kappa shape index (κ1) is 12.7. The second-order valence-corrected chi connectivity index (χ2v) is 5.84. The second-order valence-electron chi connectivity index (χ2n) is 5.84. The van der Waals surface area contributed by atoms with E-state index in [1.165, 1.54) is 24.8 Å². The largest absolute Gasteiger partial charge is 0.467 e. The van der Waals surface area contributed by atoms with Gasteiger partial charge < -0.3 is 14.5 Å². The number of hydrogen-bond acceptors (Lipinski definition) is 3. The van der Waals surface area contributed by atoms with Crippen molar-refractivity contribution in [3.8, 4) is 0 Å². The van der Waals surface area contributed by atoms with Crippen LogP contribution >= 0.6 is 0 Å². The zero-order valence-electron chi connectivity index (χ0n) is 11.1. The predicted octanol–water partition coefficient (Wildman–Crippen LogP) is 3.24. The highest BCUT2D eigenvalue weighted by Gasteiger charge is 2.19. The number of hydrogen-bond donors (Lipinski definition) is 1. The van der Waals surface area contributed by atoms with Crippen molar-refractivity contribution in [2.45, 2.75) is 64.8 Å². The maximum atomic E-state index is 5.77. The molecule has 96 valence electrons. The van der Waals surface area contributed by atoms with Crippen molar-refractivity contribution in [2.75, 3.05) is 0 Å². The Kier molecular flexibility index (Phi) is 3.89. The van der Waals surface area contributed by atoms with Crippen molar-refractivity contribution < 1.29 is 9.15 Å². The summed E-state index contributed by atoms with van der Waals surface area (Å²) in [6.07, 6.45) is 5.93. The normalized spacial score (nSPS) is 17.1. The maximum absolute atomic E-state index is 5.77. The molecule has 17 heavy (non-hydrogen) atoms. The molecule has 0 radical (unpaired) electrons. The second kappa shape index (κ2) is 5.23. The summed E-state index contributed by atoms with van der Waals surface area (Å²) in [5, 5.41) is 3.46. The maximum Gasteiger partial charge on any atom is 0.133 e. The number of ether oxygens (including phenoxy) is 1. The molecule has 0 amide bonds. The Balaban J connectivity index is 1.82. The summed E-state index contributed by atoms with van der Waals surface area (Å²) in [6, 6.07) is 2.03. The summed E-state index contributed by atoms with van der Waals surface area (Å²) in [5.41, 5.74) is 1.34. The number of nitrogens with one attached hydrogen (secondary N) is 1. The summed E-state index contributed by atoms with van der Waals surface area (Å²) < 4.78 is 11.3. The van der Waals surface area contributed by atoms with Crippen LogP contribution in [-0.4, -0.2) is 11.6 Å². The van der Waals surface area contributed by atoms with Gasteiger partial charge in [0.25, 0.3) is 0 Å². The first-order valence-electron chi connectivity index (χ1n) is 6.46. The quantitative estimate of drug-likeness (QED) is 0.853. The lowest BCUT2D eigenvalue weighted by atomic mass is 9.96. The minimum Gasteiger partial charge on any atom is -0.467 e. The van der Waals surface area contributed by atoms with Crippen molar-refractivity contribution in [1.82, 2.24) is 5.32 Å². The van der Waals surface area contributed by atoms with Crippen molar-refractivity contribution >= 4 is 0 Å². The minimum absolute atomic E-state index is 0.128. The highest BCUT2D eigenvalue weighted by molar-refractivity contribution is 5.16. The fourth-order valence-corrected chi connectivity index (χ4v) is 1.74. The first-order valence-corrected chi connectivity index (χ1v) is 6.46. The van der Waals surface area contributed by atoms with Gasteiger partial charge in [0.15, 0.2) is 0 Å². The van der Waals surface area contributed by atoms with E-state index >= 15 is 0 Å². The Morgan fingerprint density at radius 2 is 2.18 bits per heavy atom. The van der Waals surface area contributed by atoms with Gasteiger partial charge in [-0.1, -0.05) is 0 Å². The molecule has 1 aliphatic rings. The first-order chi connectivity index (χ1) is 8.04. The molecule has 1 aliphatic carbocycles. The Labute approximate surface area is 104 Å². The molecule has 1 aromatic rings. The summed E-state index contributed by atoms with van der Waals surface area (Å²) in [7, 11) is 0. The van der Waals surface area contributed by atoms with E-state index in [4.69, 9.17) is 9.15 Å². The molecule has 0 aromatic carbocycles. The third-order valence-corrected chi connectivity index (χ3v) is 3.15. The molecule has 0 aliphatic heterocycles. The van der Waals surface area contributed by atoms with Crippen molar-refractivity contribution in [3.63, 3.8) is 0 Å². The van der Waals surface area contributed by atoms with Gasteiger partial charge in [-0.2, -0.15) is 0 Å². The molecule has 0 saturated heterocycles. The van der Waals surface area contributed by atoms with E-state index in [0.717, 1.165) is 12.3 Å². The smallest absolute Gasteiger partial charge is 0.133 e. The lowest BCUT2D eigenvalue weighted by molar-refractivity contribution is -0.0161. The fraction of sp³-hybridized carbons (Fsp3) is 0.714. The summed E-state index contributed by atoms with van der Waals surface area (Å²) in [6.45, 7) is 7.94. The average Bonchev–Trinajstić information content (AvgIpc) is 2.59. The van der Waals surface area contributed by atoms with Crippen LogP contribution in [0.5, 0.6) is 0 Å². The lowest BCUT2D eigenvalue weighted by Gasteiger charge is -2.25. The lowest BCUT2D eigenvalue weighted by Crippen LogP contribution is -2.35. The van der Waals surface area contributed by atoms with E-state index in [2.05, 4.69) is 26.1 Å². The molecule has 2 rings (SSSR count). The number of furan rings is 1. The van der Waals surface area contributed by atoms with E-state index < -0.39 is 0 Å². The molecular formula is C14H23NO2. The standard InChI is InChI=1S/C14H23NO2/c1-14(2,3)15-9-11-7-8-16-13(11)10-17-12-5-4-6-12/h7-8,12,15H,4-6,9-10H2,1-3H3. The van der Waals surface area contributed by atoms with E-state index in [-0.39, 0.29) is 5.54 Å². The Bertz CT molecular complexity index is 347. The topological polar surface area (TPSA) is 34.4 Å². The molecule has 1 N–H and O–H groups in total. The minimum atomic E-state index is 0.128. The van der Waals surface area contributed by atoms with Crippen LogP contribution in [0.1, 0.15) is 51.4 Å². The molecule has 0 unspecified atom stereocenters. The van der Waals surface area contributed by atoms with Gasteiger partial charge in [0, 0.05) is 17.6 Å². The Hall–Kier alpha value is -0.800. The van der Waals surface area contributed by atoms with Crippen LogP contribution in [0.2, 0.25) is 0 Å². The van der Waals surface area contributed by atoms with Gasteiger partial charge in [-0.05, 0) is 46.1 Å². The van der Waals surface area contributed by atoms with Crippen LogP contribution in [0.25, 0.3) is 0 Å². The van der Waals surface area contributed by atoms with Gasteiger partial charge in [-0.3, -0.25) is 0 Å². The van der Waals surface area contributed by atoms with Gasteiger partial charge in [0.05, 0.1) is 12.4 Å². The van der Waals surface area contributed by atoms with Gasteiger partial charge in [-0.25, -0.2) is 0 Å². The summed E-state index contributed by atoms with van der Waals surface area (Å²) in [4.78, 5) is 0. The molecule has 3 heteroatoms. The molecular weight excluding hydrogens is 214 g/mol. The molecule has 1 heterocycles. The molecule has 0 bridgehead atoms. The van der Waals surface area contributed by atoms with Gasteiger partial charge >= 0.3 is 0 Å². The van der Waals surface area contributed by atoms with Crippen LogP contribution in [-0.2, 0) is 17.9 Å². The van der Waals surface area contributed by atoms with Crippen molar-refractivity contribution in [1.29, 1.82) is 0 Å². The average molecular weight is 237 g/mol. The molecule has 1 aromatic heterocycles. The monoisotopic (exact) mass is 237 g/mol. The third kappa shape index (κ3) is 3.86. The summed E-state index contributed by atoms with van der Waals surface area (Å²) >= 11 is 0. The highest BCUT2D eigenvalue weighted by atomic mass is 16.5. The summed E-state index contributed by atoms with van der Waals surface area (Å²) in [5.74, 6) is 0.966. The Morgan fingerprint density at radius 3 is 2.76 bits per heavy atom. The SMILES string of the molecule is CC(C)(C)NCc1ccoc1COC1CCC1. The van der Waals surface area contributed by atoms with Crippen LogP contribution in [0.4, 0.5) is 0 Å². The molecule has 3 nitrogen and oxygen atoms in total. The number of rotatable bonds is 5. The van der Waals surface area contributed by atoms with Crippen molar-refractivity contribution in [3.05, 3.63) is 23.7 Å². The van der Waals surface area contributed by atoms with Crippen LogP contribution in [0.3, 0.4) is 0 Å². The third-order valence-electron chi connectivity index (χ3n) is 3.15. The van der Waals surface area contributed by atoms with E-state index in [9.17, 15) is 0 Å². The van der Waals surface area contributed by atoms with E-state index in [1.54, 1.807) is 6.26 Å². The van der Waals surface area contributed by atoms with Crippen LogP contribution in [0, 0.1) is 0 Å². The molecule has 0 spiro atoms. The van der Waals surface area contributed by atoms with Gasteiger partial charge in [-0.15, -0.1) is 0 Å². The highest BCUT2D eigenvalue weighted by Crippen LogP contribution is 2.24. The van der Waals surface area contributed by atoms with Gasteiger partial charge in [0.1, 0.15) is 12.4 Å². The Morgan fingerprint density at radius 1 is 1.41 bits per heavy atom. The zero-order chi connectivity index (χ0) is 12.3. The van der Waals surface area contributed by atoms with E-state index in [1.807, 2.05) is 6.07 Å². The van der Waals surface area contributed by atoms with Crippen molar-refractivity contribution in [2.24, 2.45) is 0 Å². The van der Waals surface area contributed by atoms with E-state index in [0.29, 0.717) is 12.7 Å². The molecule has 1 fully saturated rings. The fourth-order valence-electron chi connectivity index (χ4n) is 1.74. The van der Waals surface area contributed by atoms with Gasteiger partial charge in [0.2, 0.25) is 0 Å².